The Bertz CT molecular complexity index is 1430. The molecule has 1 aromatic heterocycles. The van der Waals surface area contributed by atoms with E-state index in [1.54, 1.807) is 29.2 Å². The lowest BCUT2D eigenvalue weighted by atomic mass is 10.1. The van der Waals surface area contributed by atoms with Crippen LogP contribution in [0.15, 0.2) is 83.7 Å². The standard InChI is InChI=1S/C27H24N4O3/c32-24-14-7-15-30(24)21-11-6-10-20(16-21)17-28-26(33)25-22-12-4-5-13-23(22)27(34)31(29-25)18-19-8-2-1-3-9-19/h1-6,8-13,16H,7,14-15,17-18H2,(H,28,33). The zero-order chi connectivity index (χ0) is 23.5. The van der Waals surface area contributed by atoms with Crippen molar-refractivity contribution in [3.63, 3.8) is 0 Å². The van der Waals surface area contributed by atoms with E-state index in [1.165, 1.54) is 4.68 Å². The van der Waals surface area contributed by atoms with Crippen molar-refractivity contribution in [2.45, 2.75) is 25.9 Å². The lowest BCUT2D eigenvalue weighted by Gasteiger charge is -2.17. The molecule has 1 saturated heterocycles. The minimum Gasteiger partial charge on any atom is -0.347 e. The van der Waals surface area contributed by atoms with E-state index >= 15 is 0 Å². The first kappa shape index (κ1) is 21.6. The summed E-state index contributed by atoms with van der Waals surface area (Å²) >= 11 is 0. The van der Waals surface area contributed by atoms with Gasteiger partial charge in [0.15, 0.2) is 5.69 Å². The number of anilines is 1. The van der Waals surface area contributed by atoms with Crippen molar-refractivity contribution in [2.75, 3.05) is 11.4 Å². The third kappa shape index (κ3) is 4.32. The van der Waals surface area contributed by atoms with Crippen molar-refractivity contribution in [2.24, 2.45) is 0 Å². The fraction of sp³-hybridized carbons (Fsp3) is 0.185. The predicted octanol–water partition coefficient (Wildman–Crippen LogP) is 3.50. The molecule has 7 nitrogen and oxygen atoms in total. The van der Waals surface area contributed by atoms with E-state index in [2.05, 4.69) is 10.4 Å². The van der Waals surface area contributed by atoms with Gasteiger partial charge in [0.2, 0.25) is 5.91 Å². The Balaban J connectivity index is 1.41. The minimum absolute atomic E-state index is 0.123. The summed E-state index contributed by atoms with van der Waals surface area (Å²) in [7, 11) is 0. The second kappa shape index (κ2) is 9.31. The topological polar surface area (TPSA) is 84.3 Å². The van der Waals surface area contributed by atoms with E-state index in [4.69, 9.17) is 0 Å². The predicted molar refractivity (Wildman–Crippen MR) is 131 cm³/mol. The molecule has 2 amide bonds. The number of fused-ring (bicyclic) bond motifs is 1. The Labute approximate surface area is 196 Å². The number of rotatable bonds is 6. The van der Waals surface area contributed by atoms with E-state index in [-0.39, 0.29) is 36.2 Å². The van der Waals surface area contributed by atoms with E-state index in [0.29, 0.717) is 23.7 Å². The molecule has 1 aliphatic heterocycles. The van der Waals surface area contributed by atoms with Gasteiger partial charge >= 0.3 is 0 Å². The summed E-state index contributed by atoms with van der Waals surface area (Å²) in [6.45, 7) is 1.27. The molecule has 2 heterocycles. The smallest absolute Gasteiger partial charge is 0.274 e. The fourth-order valence-electron chi connectivity index (χ4n) is 4.29. The number of hydrogen-bond acceptors (Lipinski definition) is 4. The number of hydrogen-bond donors (Lipinski definition) is 1. The summed E-state index contributed by atoms with van der Waals surface area (Å²) in [5.41, 5.74) is 2.62. The van der Waals surface area contributed by atoms with Gasteiger partial charge < -0.3 is 10.2 Å². The van der Waals surface area contributed by atoms with Crippen LogP contribution in [0.4, 0.5) is 5.69 Å². The number of aromatic nitrogens is 2. The first-order valence-electron chi connectivity index (χ1n) is 11.3. The Morgan fingerprint density at radius 2 is 1.62 bits per heavy atom. The quantitative estimate of drug-likeness (QED) is 0.485. The molecule has 0 unspecified atom stereocenters. The van der Waals surface area contributed by atoms with Crippen LogP contribution < -0.4 is 15.8 Å². The molecule has 34 heavy (non-hydrogen) atoms. The molecule has 1 fully saturated rings. The Hall–Kier alpha value is -4.26. The van der Waals surface area contributed by atoms with Gasteiger partial charge in [-0.1, -0.05) is 60.7 Å². The summed E-state index contributed by atoms with van der Waals surface area (Å²) in [6.07, 6.45) is 1.43. The van der Waals surface area contributed by atoms with Crippen LogP contribution in [0.5, 0.6) is 0 Å². The average Bonchev–Trinajstić information content (AvgIpc) is 3.31. The molecule has 4 aromatic rings. The lowest BCUT2D eigenvalue weighted by Crippen LogP contribution is -2.31. The number of carbonyl (C=O) groups is 2. The van der Waals surface area contributed by atoms with Gasteiger partial charge in [0.05, 0.1) is 11.9 Å². The highest BCUT2D eigenvalue weighted by Gasteiger charge is 2.22. The van der Waals surface area contributed by atoms with Crippen molar-refractivity contribution in [3.05, 3.63) is 106 Å². The van der Waals surface area contributed by atoms with Crippen LogP contribution in [0.2, 0.25) is 0 Å². The lowest BCUT2D eigenvalue weighted by molar-refractivity contribution is -0.117. The SMILES string of the molecule is O=C(NCc1cccc(N2CCCC2=O)c1)c1nn(Cc2ccccc2)c(=O)c2ccccc12. The molecule has 0 atom stereocenters. The van der Waals surface area contributed by atoms with Crippen molar-refractivity contribution >= 4 is 28.3 Å². The van der Waals surface area contributed by atoms with Gasteiger partial charge in [0.1, 0.15) is 0 Å². The summed E-state index contributed by atoms with van der Waals surface area (Å²) in [5, 5.41) is 8.34. The normalized spacial score (nSPS) is 13.4. The van der Waals surface area contributed by atoms with Crippen LogP contribution in [0.3, 0.4) is 0 Å². The van der Waals surface area contributed by atoms with Crippen LogP contribution in [0, 0.1) is 0 Å². The van der Waals surface area contributed by atoms with Gasteiger partial charge in [0, 0.05) is 30.6 Å². The van der Waals surface area contributed by atoms with Gasteiger partial charge in [-0.2, -0.15) is 5.10 Å². The van der Waals surface area contributed by atoms with Crippen LogP contribution in [0.25, 0.3) is 10.8 Å². The largest absolute Gasteiger partial charge is 0.347 e. The number of amides is 2. The molecule has 170 valence electrons. The second-order valence-corrected chi connectivity index (χ2v) is 8.34. The molecule has 0 bridgehead atoms. The van der Waals surface area contributed by atoms with Gasteiger partial charge in [-0.05, 0) is 35.7 Å². The van der Waals surface area contributed by atoms with Crippen LogP contribution in [-0.4, -0.2) is 28.1 Å². The summed E-state index contributed by atoms with van der Waals surface area (Å²) in [6, 6.07) is 24.2. The minimum atomic E-state index is -0.360. The highest BCUT2D eigenvalue weighted by molar-refractivity contribution is 6.04. The second-order valence-electron chi connectivity index (χ2n) is 8.34. The molecule has 0 aliphatic carbocycles. The first-order chi connectivity index (χ1) is 16.6. The molecule has 0 spiro atoms. The number of nitrogens with one attached hydrogen (secondary N) is 1. The zero-order valence-electron chi connectivity index (χ0n) is 18.6. The maximum Gasteiger partial charge on any atom is 0.274 e. The Kier molecular flexibility index (Phi) is 5.91. The van der Waals surface area contributed by atoms with E-state index in [0.717, 1.165) is 23.2 Å². The monoisotopic (exact) mass is 452 g/mol. The molecule has 1 N–H and O–H groups in total. The van der Waals surface area contributed by atoms with Gasteiger partial charge in [0.25, 0.3) is 11.5 Å². The molecule has 7 heteroatoms. The molecule has 0 radical (unpaired) electrons. The Morgan fingerprint density at radius 1 is 0.882 bits per heavy atom. The van der Waals surface area contributed by atoms with Gasteiger partial charge in [-0.25, -0.2) is 4.68 Å². The molecular weight excluding hydrogens is 428 g/mol. The molecule has 0 saturated carbocycles. The highest BCUT2D eigenvalue weighted by atomic mass is 16.2. The van der Waals surface area contributed by atoms with Crippen LogP contribution in [-0.2, 0) is 17.9 Å². The van der Waals surface area contributed by atoms with Gasteiger partial charge in [-0.3, -0.25) is 14.4 Å². The maximum absolute atomic E-state index is 13.2. The fourth-order valence-corrected chi connectivity index (χ4v) is 4.29. The highest BCUT2D eigenvalue weighted by Crippen LogP contribution is 2.22. The molecule has 1 aliphatic rings. The van der Waals surface area contributed by atoms with Crippen LogP contribution >= 0.6 is 0 Å². The van der Waals surface area contributed by atoms with Crippen molar-refractivity contribution < 1.29 is 9.59 Å². The number of carbonyl (C=O) groups excluding carboxylic acids is 2. The first-order valence-corrected chi connectivity index (χ1v) is 11.3. The third-order valence-corrected chi connectivity index (χ3v) is 6.01. The van der Waals surface area contributed by atoms with Crippen LogP contribution in [0.1, 0.15) is 34.5 Å². The molecular formula is C27H24N4O3. The van der Waals surface area contributed by atoms with Crippen molar-refractivity contribution in [3.8, 4) is 0 Å². The summed E-state index contributed by atoms with van der Waals surface area (Å²) in [5.74, 6) is -0.238. The van der Waals surface area contributed by atoms with E-state index in [1.807, 2.05) is 54.6 Å². The third-order valence-electron chi connectivity index (χ3n) is 6.01. The summed E-state index contributed by atoms with van der Waals surface area (Å²) < 4.78 is 1.34. The zero-order valence-corrected chi connectivity index (χ0v) is 18.6. The molecule has 5 rings (SSSR count). The summed E-state index contributed by atoms with van der Waals surface area (Å²) in [4.78, 5) is 40.1. The van der Waals surface area contributed by atoms with E-state index in [9.17, 15) is 14.4 Å². The van der Waals surface area contributed by atoms with Crippen molar-refractivity contribution in [1.29, 1.82) is 0 Å². The molecule has 3 aromatic carbocycles. The number of benzene rings is 3. The average molecular weight is 453 g/mol. The Morgan fingerprint density at radius 3 is 2.38 bits per heavy atom. The van der Waals surface area contributed by atoms with E-state index < -0.39 is 0 Å². The number of nitrogens with zero attached hydrogens (tertiary/aromatic N) is 3. The maximum atomic E-state index is 13.2. The van der Waals surface area contributed by atoms with Gasteiger partial charge in [-0.15, -0.1) is 0 Å². The van der Waals surface area contributed by atoms with Crippen molar-refractivity contribution in [1.82, 2.24) is 15.1 Å².